The summed E-state index contributed by atoms with van der Waals surface area (Å²) >= 11 is 0. The van der Waals surface area contributed by atoms with E-state index in [2.05, 4.69) is 4.98 Å². The fourth-order valence-corrected chi connectivity index (χ4v) is 3.46. The first-order chi connectivity index (χ1) is 14.3. The number of aromatic hydroxyl groups is 1. The number of phenolic OH excluding ortho intramolecular Hbond substituents is 1. The number of fused-ring (bicyclic) bond motifs is 2. The van der Waals surface area contributed by atoms with Crippen molar-refractivity contribution in [1.82, 2.24) is 4.98 Å². The van der Waals surface area contributed by atoms with Crippen LogP contribution in [0.2, 0.25) is 0 Å². The van der Waals surface area contributed by atoms with Gasteiger partial charge in [-0.1, -0.05) is 31.2 Å². The third-order valence-electron chi connectivity index (χ3n) is 5.13. The molecule has 0 saturated carbocycles. The van der Waals surface area contributed by atoms with Crippen LogP contribution in [-0.4, -0.2) is 35.3 Å². The molecule has 152 valence electrons. The summed E-state index contributed by atoms with van der Waals surface area (Å²) in [6.45, 7) is 2.00. The Morgan fingerprint density at radius 3 is 2.43 bits per heavy atom. The number of rotatable bonds is 4. The molecule has 0 fully saturated rings. The molecule has 0 amide bonds. The van der Waals surface area contributed by atoms with Crippen molar-refractivity contribution in [3.8, 4) is 28.3 Å². The van der Waals surface area contributed by atoms with E-state index in [0.717, 1.165) is 17.7 Å². The standard InChI is InChI=1S/C23H20N2O5/c1-4-12-5-7-13(8-6-12)17-18(23(28)29)19-22(21(27)20(17)26)30-16-11-14(25(2)3)9-10-15(16)24-19/h5-11,27H,4H2,1-3H3,(H,28,29). The molecule has 2 N–H and O–H groups in total. The summed E-state index contributed by atoms with van der Waals surface area (Å²) in [6, 6.07) is 12.2. The molecule has 1 aliphatic carbocycles. The van der Waals surface area contributed by atoms with Crippen LogP contribution in [0.25, 0.3) is 33.7 Å². The summed E-state index contributed by atoms with van der Waals surface area (Å²) in [4.78, 5) is 31.4. The van der Waals surface area contributed by atoms with Gasteiger partial charge in [-0.15, -0.1) is 0 Å². The number of phenols is 1. The first-order valence-electron chi connectivity index (χ1n) is 9.45. The van der Waals surface area contributed by atoms with Gasteiger partial charge in [-0.05, 0) is 29.7 Å². The van der Waals surface area contributed by atoms with Gasteiger partial charge in [-0.2, -0.15) is 0 Å². The molecule has 0 unspecified atom stereocenters. The second kappa shape index (κ2) is 7.18. The minimum atomic E-state index is -1.32. The van der Waals surface area contributed by atoms with Crippen LogP contribution in [0.3, 0.4) is 0 Å². The highest BCUT2D eigenvalue weighted by Crippen LogP contribution is 2.38. The van der Waals surface area contributed by atoms with E-state index in [0.29, 0.717) is 16.7 Å². The second-order valence-electron chi connectivity index (χ2n) is 7.22. The number of benzene rings is 3. The van der Waals surface area contributed by atoms with Crippen LogP contribution in [-0.2, 0) is 6.42 Å². The Morgan fingerprint density at radius 1 is 1.13 bits per heavy atom. The first kappa shape index (κ1) is 19.4. The van der Waals surface area contributed by atoms with E-state index in [9.17, 15) is 19.8 Å². The first-order valence-corrected chi connectivity index (χ1v) is 9.45. The highest BCUT2D eigenvalue weighted by atomic mass is 16.4. The number of aromatic carboxylic acids is 1. The molecule has 30 heavy (non-hydrogen) atoms. The zero-order chi connectivity index (χ0) is 21.6. The quantitative estimate of drug-likeness (QED) is 0.496. The molecule has 2 aromatic rings. The molecule has 0 atom stereocenters. The van der Waals surface area contributed by atoms with Gasteiger partial charge in [-0.25, -0.2) is 9.78 Å². The molecule has 7 heteroatoms. The predicted octanol–water partition coefficient (Wildman–Crippen LogP) is 3.99. The van der Waals surface area contributed by atoms with Gasteiger partial charge in [-0.3, -0.25) is 4.79 Å². The van der Waals surface area contributed by atoms with Gasteiger partial charge in [0.2, 0.25) is 11.2 Å². The third-order valence-corrected chi connectivity index (χ3v) is 5.13. The highest BCUT2D eigenvalue weighted by molar-refractivity contribution is 6.04. The van der Waals surface area contributed by atoms with Crippen molar-refractivity contribution in [2.24, 2.45) is 0 Å². The highest BCUT2D eigenvalue weighted by Gasteiger charge is 2.30. The van der Waals surface area contributed by atoms with E-state index < -0.39 is 17.1 Å². The van der Waals surface area contributed by atoms with Crippen molar-refractivity contribution in [2.45, 2.75) is 13.3 Å². The number of hydrogen-bond acceptors (Lipinski definition) is 6. The molecule has 0 aromatic heterocycles. The Bertz CT molecular complexity index is 1310. The Labute approximate surface area is 172 Å². The van der Waals surface area contributed by atoms with Gasteiger partial charge < -0.3 is 19.5 Å². The molecular weight excluding hydrogens is 384 g/mol. The average Bonchev–Trinajstić information content (AvgIpc) is 2.74. The van der Waals surface area contributed by atoms with Gasteiger partial charge in [0, 0.05) is 25.8 Å². The van der Waals surface area contributed by atoms with Crippen LogP contribution < -0.4 is 10.3 Å². The number of aromatic nitrogens is 1. The van der Waals surface area contributed by atoms with Crippen molar-refractivity contribution in [3.05, 3.63) is 63.8 Å². The summed E-state index contributed by atoms with van der Waals surface area (Å²) in [6.07, 6.45) is 0.806. The minimum Gasteiger partial charge on any atom is -0.501 e. The summed E-state index contributed by atoms with van der Waals surface area (Å²) < 4.78 is 5.76. The fraction of sp³-hybridized carbons (Fsp3) is 0.174. The predicted molar refractivity (Wildman–Crippen MR) is 115 cm³/mol. The van der Waals surface area contributed by atoms with Crippen molar-refractivity contribution >= 4 is 22.8 Å². The van der Waals surface area contributed by atoms with E-state index in [1.54, 1.807) is 24.3 Å². The SMILES string of the molecule is CCc1ccc(-c2c(C(=O)O)c3nc4ccc(N(C)C)cc4oc-3c(O)c2=O)cc1. The average molecular weight is 404 g/mol. The van der Waals surface area contributed by atoms with Crippen molar-refractivity contribution in [1.29, 1.82) is 0 Å². The smallest absolute Gasteiger partial charge is 0.338 e. The molecule has 1 aliphatic heterocycles. The van der Waals surface area contributed by atoms with E-state index >= 15 is 0 Å². The maximum absolute atomic E-state index is 13.0. The molecule has 7 nitrogen and oxygen atoms in total. The van der Waals surface area contributed by atoms with Crippen LogP contribution in [0.4, 0.5) is 5.69 Å². The van der Waals surface area contributed by atoms with Gasteiger partial charge in [0.1, 0.15) is 16.8 Å². The summed E-state index contributed by atoms with van der Waals surface area (Å²) in [7, 11) is 3.73. The lowest BCUT2D eigenvalue weighted by atomic mass is 9.93. The topological polar surface area (TPSA) is 104 Å². The number of carbonyl (C=O) groups is 1. The molecule has 0 spiro atoms. The maximum Gasteiger partial charge on any atom is 0.338 e. The van der Waals surface area contributed by atoms with Crippen molar-refractivity contribution in [2.75, 3.05) is 19.0 Å². The van der Waals surface area contributed by atoms with Crippen molar-refractivity contribution < 1.29 is 19.4 Å². The molecule has 1 heterocycles. The maximum atomic E-state index is 13.0. The Hall–Kier alpha value is -3.87. The van der Waals surface area contributed by atoms with Crippen LogP contribution in [0, 0.1) is 0 Å². The minimum absolute atomic E-state index is 0.0701. The fourth-order valence-electron chi connectivity index (χ4n) is 3.46. The molecular formula is C23H20N2O5. The van der Waals surface area contributed by atoms with Crippen LogP contribution in [0.1, 0.15) is 22.8 Å². The molecule has 2 aliphatic rings. The molecule has 0 bridgehead atoms. The number of carboxylic acid groups (broad SMARTS) is 1. The molecule has 0 saturated heterocycles. The zero-order valence-corrected chi connectivity index (χ0v) is 16.8. The van der Waals surface area contributed by atoms with E-state index in [-0.39, 0.29) is 22.6 Å². The molecule has 4 rings (SSSR count). The Balaban J connectivity index is 2.09. The van der Waals surface area contributed by atoms with Gasteiger partial charge in [0.25, 0.3) is 0 Å². The number of anilines is 1. The zero-order valence-electron chi connectivity index (χ0n) is 16.8. The van der Waals surface area contributed by atoms with Crippen LogP contribution >= 0.6 is 0 Å². The lowest BCUT2D eigenvalue weighted by molar-refractivity contribution is 0.0698. The number of nitrogens with zero attached hydrogens (tertiary/aromatic N) is 2. The molecule has 2 aromatic carbocycles. The van der Waals surface area contributed by atoms with Gasteiger partial charge >= 0.3 is 5.97 Å². The van der Waals surface area contributed by atoms with E-state index in [1.165, 1.54) is 0 Å². The summed E-state index contributed by atoms with van der Waals surface area (Å²) in [5, 5.41) is 20.5. The second-order valence-corrected chi connectivity index (χ2v) is 7.22. The normalized spacial score (nSPS) is 11.2. The lowest BCUT2D eigenvalue weighted by Crippen LogP contribution is -2.16. The monoisotopic (exact) mass is 404 g/mol. The third kappa shape index (κ3) is 3.04. The molecule has 0 radical (unpaired) electrons. The number of carboxylic acids is 1. The Morgan fingerprint density at radius 2 is 1.83 bits per heavy atom. The Kier molecular flexibility index (Phi) is 4.66. The summed E-state index contributed by atoms with van der Waals surface area (Å²) in [5.41, 5.74) is 1.75. The van der Waals surface area contributed by atoms with Gasteiger partial charge in [0.15, 0.2) is 11.3 Å². The largest absolute Gasteiger partial charge is 0.501 e. The lowest BCUT2D eigenvalue weighted by Gasteiger charge is -2.16. The van der Waals surface area contributed by atoms with Crippen LogP contribution in [0.5, 0.6) is 5.75 Å². The number of aryl methyl sites for hydroxylation is 1. The number of hydrogen-bond donors (Lipinski definition) is 2. The van der Waals surface area contributed by atoms with Crippen LogP contribution in [0.15, 0.2) is 51.7 Å². The van der Waals surface area contributed by atoms with E-state index in [1.807, 2.05) is 44.1 Å². The summed E-state index contributed by atoms with van der Waals surface area (Å²) in [5.74, 6) is -2.22. The van der Waals surface area contributed by atoms with Crippen molar-refractivity contribution in [3.63, 3.8) is 0 Å². The van der Waals surface area contributed by atoms with E-state index in [4.69, 9.17) is 4.42 Å². The van der Waals surface area contributed by atoms with Gasteiger partial charge in [0.05, 0.1) is 5.56 Å².